The molecule has 1 rings (SSSR count). The summed E-state index contributed by atoms with van der Waals surface area (Å²) in [5.74, 6) is -0.287. The molecular formula is C14H21ClF3N5O. The first kappa shape index (κ1) is 20.1. The number of aromatic nitrogens is 1. The first-order chi connectivity index (χ1) is 11.0. The molecule has 0 aliphatic heterocycles. The first-order valence-electron chi connectivity index (χ1n) is 7.06. The van der Waals surface area contributed by atoms with Gasteiger partial charge >= 0.3 is 6.18 Å². The van der Waals surface area contributed by atoms with Crippen molar-refractivity contribution in [3.8, 4) is 0 Å². The van der Waals surface area contributed by atoms with Gasteiger partial charge in [-0.1, -0.05) is 11.6 Å². The Morgan fingerprint density at radius 2 is 2.00 bits per heavy atom. The van der Waals surface area contributed by atoms with Crippen LogP contribution < -0.4 is 5.32 Å². The van der Waals surface area contributed by atoms with Gasteiger partial charge in [0.05, 0.1) is 18.1 Å². The van der Waals surface area contributed by atoms with E-state index < -0.39 is 18.6 Å². The Balaban J connectivity index is 2.58. The van der Waals surface area contributed by atoms with Crippen molar-refractivity contribution >= 4 is 23.5 Å². The molecule has 0 fully saturated rings. The number of guanidine groups is 1. The van der Waals surface area contributed by atoms with Crippen molar-refractivity contribution in [1.82, 2.24) is 19.7 Å². The molecule has 1 heterocycles. The van der Waals surface area contributed by atoms with Gasteiger partial charge in [-0.2, -0.15) is 13.2 Å². The van der Waals surface area contributed by atoms with Crippen LogP contribution in [0.2, 0.25) is 5.02 Å². The molecule has 0 aromatic carbocycles. The predicted octanol–water partition coefficient (Wildman–Crippen LogP) is 1.71. The van der Waals surface area contributed by atoms with Gasteiger partial charge in [0.15, 0.2) is 5.96 Å². The van der Waals surface area contributed by atoms with Crippen molar-refractivity contribution in [1.29, 1.82) is 0 Å². The number of aliphatic imine (C=N–C) groups is 1. The number of carbonyl (C=O) groups is 1. The van der Waals surface area contributed by atoms with Crippen molar-refractivity contribution in [3.05, 3.63) is 23.0 Å². The highest BCUT2D eigenvalue weighted by molar-refractivity contribution is 6.30. The van der Waals surface area contributed by atoms with E-state index >= 15 is 0 Å². The van der Waals surface area contributed by atoms with Crippen LogP contribution in [0.25, 0.3) is 0 Å². The van der Waals surface area contributed by atoms with E-state index in [-0.39, 0.29) is 6.54 Å². The van der Waals surface area contributed by atoms with E-state index in [1.54, 1.807) is 24.2 Å². The maximum Gasteiger partial charge on any atom is 0.406 e. The Morgan fingerprint density at radius 1 is 1.38 bits per heavy atom. The third-order valence-electron chi connectivity index (χ3n) is 3.29. The fraction of sp³-hybridized carbons (Fsp3) is 0.571. The number of nitrogens with zero attached hydrogens (tertiary/aromatic N) is 4. The van der Waals surface area contributed by atoms with Gasteiger partial charge in [-0.05, 0) is 6.07 Å². The quantitative estimate of drug-likeness (QED) is 0.636. The smallest absolute Gasteiger partial charge is 0.351 e. The standard InChI is InChI=1S/C14H21ClF3N5O/c1-19-13(20-6-12(24)23(4)9-14(16,17)18)22(3)8-11-5-10(15)7-21(11)2/h5,7H,6,8-9H2,1-4H3,(H,19,20). The number of alkyl halides is 3. The van der Waals surface area contributed by atoms with E-state index in [4.69, 9.17) is 11.6 Å². The molecule has 1 aromatic heterocycles. The van der Waals surface area contributed by atoms with Crippen molar-refractivity contribution in [2.24, 2.45) is 12.0 Å². The SMILES string of the molecule is CN=C(NCC(=O)N(C)CC(F)(F)F)N(C)Cc1cc(Cl)cn1C. The largest absolute Gasteiger partial charge is 0.406 e. The molecule has 0 spiro atoms. The van der Waals surface area contributed by atoms with Gasteiger partial charge in [0.25, 0.3) is 0 Å². The zero-order chi connectivity index (χ0) is 18.5. The molecule has 1 amide bonds. The summed E-state index contributed by atoms with van der Waals surface area (Å²) in [5.41, 5.74) is 0.922. The summed E-state index contributed by atoms with van der Waals surface area (Å²) in [6, 6.07) is 1.80. The van der Waals surface area contributed by atoms with E-state index in [1.165, 1.54) is 7.05 Å². The number of hydrogen-bond donors (Lipinski definition) is 1. The van der Waals surface area contributed by atoms with Crippen LogP contribution in [0.3, 0.4) is 0 Å². The summed E-state index contributed by atoms with van der Waals surface area (Å²) in [4.78, 5) is 18.1. The zero-order valence-electron chi connectivity index (χ0n) is 14.0. The number of amides is 1. The lowest BCUT2D eigenvalue weighted by Crippen LogP contribution is -2.46. The van der Waals surface area contributed by atoms with Crippen LogP contribution in [0.4, 0.5) is 13.2 Å². The summed E-state index contributed by atoms with van der Waals surface area (Å²) in [6.45, 7) is -1.10. The second-order valence-corrected chi connectivity index (χ2v) is 5.82. The molecule has 6 nitrogen and oxygen atoms in total. The van der Waals surface area contributed by atoms with Crippen LogP contribution in [-0.4, -0.2) is 66.6 Å². The van der Waals surface area contributed by atoms with Gasteiger partial charge in [0.2, 0.25) is 5.91 Å². The van der Waals surface area contributed by atoms with Crippen molar-refractivity contribution < 1.29 is 18.0 Å². The second-order valence-electron chi connectivity index (χ2n) is 5.38. The van der Waals surface area contributed by atoms with Gasteiger partial charge in [0.1, 0.15) is 6.54 Å². The molecule has 0 radical (unpaired) electrons. The van der Waals surface area contributed by atoms with Crippen molar-refractivity contribution in [2.75, 3.05) is 34.2 Å². The molecule has 10 heteroatoms. The highest BCUT2D eigenvalue weighted by Gasteiger charge is 2.31. The molecule has 0 aliphatic carbocycles. The third kappa shape index (κ3) is 6.31. The summed E-state index contributed by atoms with van der Waals surface area (Å²) < 4.78 is 38.7. The van der Waals surface area contributed by atoms with Crippen LogP contribution in [0, 0.1) is 0 Å². The van der Waals surface area contributed by atoms with E-state index in [1.807, 2.05) is 11.6 Å². The monoisotopic (exact) mass is 367 g/mol. The molecule has 136 valence electrons. The Bertz CT molecular complexity index is 600. The Hall–Kier alpha value is -1.90. The Labute approximate surface area is 143 Å². The maximum atomic E-state index is 12.3. The summed E-state index contributed by atoms with van der Waals surface area (Å²) >= 11 is 5.93. The topological polar surface area (TPSA) is 52.9 Å². The molecule has 1 aromatic rings. The lowest BCUT2D eigenvalue weighted by atomic mass is 10.4. The van der Waals surface area contributed by atoms with Gasteiger partial charge in [-0.25, -0.2) is 0 Å². The predicted molar refractivity (Wildman–Crippen MR) is 86.9 cm³/mol. The molecule has 0 bridgehead atoms. The molecular weight excluding hydrogens is 347 g/mol. The van der Waals surface area contributed by atoms with Crippen LogP contribution >= 0.6 is 11.6 Å². The lowest BCUT2D eigenvalue weighted by Gasteiger charge is -2.24. The summed E-state index contributed by atoms with van der Waals surface area (Å²) in [7, 11) is 6.23. The second kappa shape index (κ2) is 8.27. The Morgan fingerprint density at radius 3 is 2.46 bits per heavy atom. The van der Waals surface area contributed by atoms with Crippen LogP contribution in [0.5, 0.6) is 0 Å². The van der Waals surface area contributed by atoms with E-state index in [2.05, 4.69) is 10.3 Å². The molecule has 24 heavy (non-hydrogen) atoms. The number of aryl methyl sites for hydroxylation is 1. The summed E-state index contributed by atoms with van der Waals surface area (Å²) in [5, 5.41) is 3.36. The molecule has 0 saturated carbocycles. The Kier molecular flexibility index (Phi) is 6.94. The average Bonchev–Trinajstić information content (AvgIpc) is 2.75. The fourth-order valence-corrected chi connectivity index (χ4v) is 2.35. The number of rotatable bonds is 5. The minimum atomic E-state index is -4.42. The zero-order valence-corrected chi connectivity index (χ0v) is 14.7. The van der Waals surface area contributed by atoms with E-state index in [0.29, 0.717) is 22.4 Å². The number of likely N-dealkylation sites (N-methyl/N-ethyl adjacent to an activating group) is 1. The van der Waals surface area contributed by atoms with Crippen LogP contribution in [0.1, 0.15) is 5.69 Å². The average molecular weight is 368 g/mol. The van der Waals surface area contributed by atoms with Crippen molar-refractivity contribution in [2.45, 2.75) is 12.7 Å². The number of hydrogen-bond acceptors (Lipinski definition) is 2. The highest BCUT2D eigenvalue weighted by atomic mass is 35.5. The lowest BCUT2D eigenvalue weighted by molar-refractivity contribution is -0.157. The van der Waals surface area contributed by atoms with Gasteiger partial charge < -0.3 is 19.7 Å². The number of nitrogens with one attached hydrogen (secondary N) is 1. The fourth-order valence-electron chi connectivity index (χ4n) is 2.07. The third-order valence-corrected chi connectivity index (χ3v) is 3.49. The molecule has 0 saturated heterocycles. The van der Waals surface area contributed by atoms with Gasteiger partial charge in [-0.15, -0.1) is 0 Å². The minimum absolute atomic E-state index is 0.280. The van der Waals surface area contributed by atoms with Gasteiger partial charge in [0, 0.05) is 40.1 Å². The summed E-state index contributed by atoms with van der Waals surface area (Å²) in [6.07, 6.45) is -2.66. The molecule has 0 atom stereocenters. The first-order valence-corrected chi connectivity index (χ1v) is 7.44. The minimum Gasteiger partial charge on any atom is -0.351 e. The van der Waals surface area contributed by atoms with E-state index in [0.717, 1.165) is 12.7 Å². The molecule has 0 aliphatic rings. The van der Waals surface area contributed by atoms with E-state index in [9.17, 15) is 18.0 Å². The van der Waals surface area contributed by atoms with Crippen LogP contribution in [-0.2, 0) is 18.4 Å². The molecule has 1 N–H and O–H groups in total. The highest BCUT2D eigenvalue weighted by Crippen LogP contribution is 2.15. The van der Waals surface area contributed by atoms with Crippen molar-refractivity contribution in [3.63, 3.8) is 0 Å². The van der Waals surface area contributed by atoms with Gasteiger partial charge in [-0.3, -0.25) is 9.79 Å². The maximum absolute atomic E-state index is 12.3. The van der Waals surface area contributed by atoms with Crippen LogP contribution in [0.15, 0.2) is 17.3 Å². The number of halogens is 4. The normalized spacial score (nSPS) is 12.2. The number of carbonyl (C=O) groups excluding carboxylic acids is 1. The molecule has 0 unspecified atom stereocenters.